The molecule has 4 nitrogen and oxygen atoms in total. The Kier molecular flexibility index (Phi) is 4.60. The number of anilines is 1. The first-order valence-electron chi connectivity index (χ1n) is 9.59. The highest BCUT2D eigenvalue weighted by Crippen LogP contribution is 2.71. The Balaban J connectivity index is 1.42. The fourth-order valence-corrected chi connectivity index (χ4v) is 4.91. The molecule has 3 aliphatic rings. The summed E-state index contributed by atoms with van der Waals surface area (Å²) < 4.78 is 52.5. The molecule has 2 bridgehead atoms. The van der Waals surface area contributed by atoms with E-state index in [0.717, 1.165) is 17.8 Å². The van der Waals surface area contributed by atoms with Crippen molar-refractivity contribution in [3.8, 4) is 6.07 Å². The predicted molar refractivity (Wildman–Crippen MR) is 101 cm³/mol. The van der Waals surface area contributed by atoms with E-state index < -0.39 is 22.8 Å². The second-order valence-electron chi connectivity index (χ2n) is 8.48. The van der Waals surface area contributed by atoms with Gasteiger partial charge in [0.15, 0.2) is 0 Å². The molecule has 0 amide bonds. The van der Waals surface area contributed by atoms with Crippen LogP contribution in [-0.4, -0.2) is 16.3 Å². The second-order valence-corrected chi connectivity index (χ2v) is 8.48. The number of hydrogen-bond acceptors (Lipinski definition) is 4. The van der Waals surface area contributed by atoms with E-state index in [2.05, 4.69) is 10.3 Å². The molecule has 3 saturated carbocycles. The van der Waals surface area contributed by atoms with Crippen LogP contribution in [0, 0.1) is 28.5 Å². The maximum atomic E-state index is 13.1. The summed E-state index contributed by atoms with van der Waals surface area (Å²) in [7, 11) is 0. The summed E-state index contributed by atoms with van der Waals surface area (Å²) in [5.41, 5.74) is -1.37. The molecule has 5 rings (SSSR count). The fraction of sp³-hybridized carbons (Fsp3) is 0.409. The molecule has 0 spiro atoms. The number of nitriles is 1. The van der Waals surface area contributed by atoms with Crippen molar-refractivity contribution in [1.82, 2.24) is 4.98 Å². The number of halogens is 4. The lowest BCUT2D eigenvalue weighted by atomic mass is 9.35. The highest BCUT2D eigenvalue weighted by molar-refractivity contribution is 5.84. The summed E-state index contributed by atoms with van der Waals surface area (Å²) in [6.07, 6.45) is -1.46. The molecular formula is C22H19F4N3O. The van der Waals surface area contributed by atoms with Gasteiger partial charge in [-0.25, -0.2) is 9.37 Å². The van der Waals surface area contributed by atoms with Crippen molar-refractivity contribution in [2.24, 2.45) is 11.3 Å². The molecule has 0 aliphatic heterocycles. The lowest BCUT2D eigenvalue weighted by molar-refractivity contribution is -0.167. The Morgan fingerprint density at radius 3 is 2.43 bits per heavy atom. The molecule has 0 saturated heterocycles. The SMILES string of the molecule is CC(C(=O)Cc1ccc(F)cc1)C12CC(Nc3nccc(C(F)(F)F)c3C#N)(C1)C2. The summed E-state index contributed by atoms with van der Waals surface area (Å²) in [6, 6.07) is 8.23. The molecular weight excluding hydrogens is 398 g/mol. The summed E-state index contributed by atoms with van der Waals surface area (Å²) in [5, 5.41) is 12.3. The molecule has 1 unspecified atom stereocenters. The van der Waals surface area contributed by atoms with Crippen LogP contribution in [0.5, 0.6) is 0 Å². The monoisotopic (exact) mass is 417 g/mol. The molecule has 156 valence electrons. The quantitative estimate of drug-likeness (QED) is 0.680. The van der Waals surface area contributed by atoms with E-state index in [0.29, 0.717) is 19.3 Å². The van der Waals surface area contributed by atoms with Crippen LogP contribution in [0.1, 0.15) is 42.9 Å². The number of pyridine rings is 1. The summed E-state index contributed by atoms with van der Waals surface area (Å²) in [5.74, 6) is -0.571. The van der Waals surface area contributed by atoms with Gasteiger partial charge in [0.05, 0.1) is 5.56 Å². The van der Waals surface area contributed by atoms with E-state index in [-0.39, 0.29) is 35.2 Å². The number of carbonyl (C=O) groups excluding carboxylic acids is 1. The topological polar surface area (TPSA) is 65.8 Å². The number of nitrogens with one attached hydrogen (secondary N) is 1. The van der Waals surface area contributed by atoms with Crippen LogP contribution in [0.15, 0.2) is 36.5 Å². The van der Waals surface area contributed by atoms with E-state index >= 15 is 0 Å². The zero-order valence-corrected chi connectivity index (χ0v) is 16.2. The smallest absolute Gasteiger partial charge is 0.363 e. The first-order valence-corrected chi connectivity index (χ1v) is 9.59. The van der Waals surface area contributed by atoms with Gasteiger partial charge in [0.2, 0.25) is 0 Å². The minimum absolute atomic E-state index is 0.0600. The van der Waals surface area contributed by atoms with Crippen LogP contribution in [0.4, 0.5) is 23.4 Å². The third-order valence-corrected chi connectivity index (χ3v) is 6.52. The average Bonchev–Trinajstić information content (AvgIpc) is 2.63. The molecule has 1 heterocycles. The Bertz CT molecular complexity index is 1020. The minimum Gasteiger partial charge on any atom is -0.363 e. The molecule has 1 atom stereocenters. The van der Waals surface area contributed by atoms with Crippen molar-refractivity contribution >= 4 is 11.6 Å². The molecule has 1 N–H and O–H groups in total. The molecule has 1 aromatic carbocycles. The van der Waals surface area contributed by atoms with E-state index in [9.17, 15) is 27.6 Å². The number of alkyl halides is 3. The first kappa shape index (κ1) is 20.3. The van der Waals surface area contributed by atoms with Crippen molar-refractivity contribution in [3.63, 3.8) is 0 Å². The van der Waals surface area contributed by atoms with E-state index in [1.165, 1.54) is 12.1 Å². The van der Waals surface area contributed by atoms with Gasteiger partial charge in [-0.2, -0.15) is 18.4 Å². The van der Waals surface area contributed by atoms with Gasteiger partial charge in [0.1, 0.15) is 29.1 Å². The van der Waals surface area contributed by atoms with Crippen molar-refractivity contribution in [2.45, 2.75) is 44.3 Å². The second kappa shape index (κ2) is 6.79. The summed E-state index contributed by atoms with van der Waals surface area (Å²) >= 11 is 0. The largest absolute Gasteiger partial charge is 0.417 e. The Morgan fingerprint density at radius 1 is 1.23 bits per heavy atom. The number of carbonyl (C=O) groups is 1. The zero-order chi connectivity index (χ0) is 21.7. The number of hydrogen-bond donors (Lipinski definition) is 1. The molecule has 0 radical (unpaired) electrons. The van der Waals surface area contributed by atoms with Crippen molar-refractivity contribution < 1.29 is 22.4 Å². The van der Waals surface area contributed by atoms with Gasteiger partial charge >= 0.3 is 6.18 Å². The molecule has 30 heavy (non-hydrogen) atoms. The van der Waals surface area contributed by atoms with Crippen LogP contribution in [-0.2, 0) is 17.4 Å². The van der Waals surface area contributed by atoms with Gasteiger partial charge in [-0.05, 0) is 48.4 Å². The van der Waals surface area contributed by atoms with Crippen LogP contribution in [0.25, 0.3) is 0 Å². The highest BCUT2D eigenvalue weighted by Gasteiger charge is 2.70. The average molecular weight is 417 g/mol. The summed E-state index contributed by atoms with van der Waals surface area (Å²) in [4.78, 5) is 16.6. The third-order valence-electron chi connectivity index (χ3n) is 6.52. The summed E-state index contributed by atoms with van der Waals surface area (Å²) in [6.45, 7) is 1.87. The van der Waals surface area contributed by atoms with Crippen molar-refractivity contribution in [2.75, 3.05) is 5.32 Å². The van der Waals surface area contributed by atoms with Gasteiger partial charge in [-0.3, -0.25) is 4.79 Å². The van der Waals surface area contributed by atoms with E-state index in [1.54, 1.807) is 18.2 Å². The van der Waals surface area contributed by atoms with Gasteiger partial charge < -0.3 is 5.32 Å². The normalized spacial score (nSPS) is 25.5. The lowest BCUT2D eigenvalue weighted by Gasteiger charge is -2.72. The highest BCUT2D eigenvalue weighted by atomic mass is 19.4. The lowest BCUT2D eigenvalue weighted by Crippen LogP contribution is -2.73. The predicted octanol–water partition coefficient (Wildman–Crippen LogP) is 4.89. The molecule has 3 fully saturated rings. The van der Waals surface area contributed by atoms with Gasteiger partial charge in [0, 0.05) is 24.1 Å². The van der Waals surface area contributed by atoms with E-state index in [1.807, 2.05) is 6.92 Å². The third kappa shape index (κ3) is 3.32. The number of benzene rings is 1. The molecule has 2 aromatic rings. The maximum absolute atomic E-state index is 13.1. The fourth-order valence-electron chi connectivity index (χ4n) is 4.91. The Hall–Kier alpha value is -2.95. The Labute approximate surface area is 170 Å². The van der Waals surface area contributed by atoms with Crippen LogP contribution in [0.3, 0.4) is 0 Å². The van der Waals surface area contributed by atoms with Crippen LogP contribution < -0.4 is 5.32 Å². The number of aromatic nitrogens is 1. The van der Waals surface area contributed by atoms with Crippen LogP contribution >= 0.6 is 0 Å². The molecule has 1 aromatic heterocycles. The number of rotatable bonds is 6. The van der Waals surface area contributed by atoms with Gasteiger partial charge in [0.25, 0.3) is 0 Å². The maximum Gasteiger partial charge on any atom is 0.417 e. The standard InChI is InChI=1S/C22H19F4N3O/c1-13(18(30)8-14-2-4-15(23)5-3-14)20-10-21(11-20,12-20)29-19-16(9-27)17(6-7-28-19)22(24,25)26/h2-7,13H,8,10-12H2,1H3,(H,28,29). The van der Waals surface area contributed by atoms with Gasteiger partial charge in [-0.1, -0.05) is 19.1 Å². The Morgan fingerprint density at radius 2 is 1.87 bits per heavy atom. The molecule has 8 heteroatoms. The van der Waals surface area contributed by atoms with Gasteiger partial charge in [-0.15, -0.1) is 0 Å². The first-order chi connectivity index (χ1) is 14.1. The number of nitrogens with zero attached hydrogens (tertiary/aromatic N) is 2. The molecule has 3 aliphatic carbocycles. The number of ketones is 1. The van der Waals surface area contributed by atoms with Crippen molar-refractivity contribution in [1.29, 1.82) is 5.26 Å². The zero-order valence-electron chi connectivity index (χ0n) is 16.2. The number of Topliss-reactive ketones (excluding diaryl/α,β-unsaturated/α-hetero) is 1. The van der Waals surface area contributed by atoms with Crippen LogP contribution in [0.2, 0.25) is 0 Å². The van der Waals surface area contributed by atoms with E-state index in [4.69, 9.17) is 0 Å². The van der Waals surface area contributed by atoms with Crippen molar-refractivity contribution in [3.05, 3.63) is 59.0 Å². The minimum atomic E-state index is -4.63.